The lowest BCUT2D eigenvalue weighted by Gasteiger charge is -2.18. The summed E-state index contributed by atoms with van der Waals surface area (Å²) in [5.74, 6) is 0.846. The molecule has 0 unspecified atom stereocenters. The smallest absolute Gasteiger partial charge is 0.309 e. The van der Waals surface area contributed by atoms with Gasteiger partial charge < -0.3 is 18.9 Å². The first-order chi connectivity index (χ1) is 16.3. The third kappa shape index (κ3) is 6.40. The van der Waals surface area contributed by atoms with Gasteiger partial charge in [-0.2, -0.15) is 0 Å². The van der Waals surface area contributed by atoms with E-state index < -0.39 is 0 Å². The summed E-state index contributed by atoms with van der Waals surface area (Å²) < 4.78 is 22.8. The van der Waals surface area contributed by atoms with Crippen LogP contribution in [0.1, 0.15) is 53.0 Å². The van der Waals surface area contributed by atoms with Gasteiger partial charge in [0, 0.05) is 21.5 Å². The number of benzene rings is 3. The van der Waals surface area contributed by atoms with E-state index in [1.807, 2.05) is 58.0 Å². The number of fused-ring (bicyclic) bond motifs is 2. The number of carbonyl (C=O) groups excluding carboxylic acids is 2. The Bertz CT molecular complexity index is 1150. The summed E-state index contributed by atoms with van der Waals surface area (Å²) in [6.45, 7) is 9.82. The van der Waals surface area contributed by atoms with Crippen LogP contribution in [0.3, 0.4) is 0 Å². The molecular formula is C28H34O6. The number of ether oxygens (including phenoxy) is 4. The van der Waals surface area contributed by atoms with Crippen LogP contribution in [0.4, 0.5) is 0 Å². The van der Waals surface area contributed by atoms with Gasteiger partial charge in [0.05, 0.1) is 38.3 Å². The Hall–Kier alpha value is -3.28. The summed E-state index contributed by atoms with van der Waals surface area (Å²) in [5.41, 5.74) is 1.17. The SMILES string of the molecule is CCc1ccc2c(OCCC(=O)OC(C)C)c3ccccc3c(OCCC(=O)OC(C)C)c2c1. The van der Waals surface area contributed by atoms with Crippen molar-refractivity contribution in [3.63, 3.8) is 0 Å². The van der Waals surface area contributed by atoms with Gasteiger partial charge in [-0.3, -0.25) is 9.59 Å². The fourth-order valence-electron chi connectivity index (χ4n) is 3.79. The molecule has 0 aliphatic heterocycles. The normalized spacial score (nSPS) is 11.3. The van der Waals surface area contributed by atoms with Gasteiger partial charge in [0.25, 0.3) is 0 Å². The number of esters is 2. The number of rotatable bonds is 11. The van der Waals surface area contributed by atoms with Crippen molar-refractivity contribution < 1.29 is 28.5 Å². The van der Waals surface area contributed by atoms with Crippen molar-refractivity contribution in [2.45, 2.75) is 66.1 Å². The van der Waals surface area contributed by atoms with Gasteiger partial charge in [-0.15, -0.1) is 0 Å². The Labute approximate surface area is 201 Å². The van der Waals surface area contributed by atoms with Gasteiger partial charge in [0.1, 0.15) is 11.5 Å². The van der Waals surface area contributed by atoms with Crippen LogP contribution >= 0.6 is 0 Å². The van der Waals surface area contributed by atoms with Crippen molar-refractivity contribution >= 4 is 33.5 Å². The fraction of sp³-hybridized carbons (Fsp3) is 0.429. The van der Waals surface area contributed by atoms with Crippen LogP contribution < -0.4 is 9.47 Å². The van der Waals surface area contributed by atoms with E-state index in [2.05, 4.69) is 19.1 Å². The number of carbonyl (C=O) groups is 2. The van der Waals surface area contributed by atoms with Crippen LogP contribution in [0, 0.1) is 0 Å². The molecule has 0 amide bonds. The Kier molecular flexibility index (Phi) is 8.74. The van der Waals surface area contributed by atoms with Crippen LogP contribution in [0.2, 0.25) is 0 Å². The Balaban J connectivity index is 1.97. The van der Waals surface area contributed by atoms with Gasteiger partial charge in [-0.1, -0.05) is 43.3 Å². The second-order valence-corrected chi connectivity index (χ2v) is 8.71. The molecule has 6 nitrogen and oxygen atoms in total. The monoisotopic (exact) mass is 466 g/mol. The highest BCUT2D eigenvalue weighted by Gasteiger charge is 2.18. The Morgan fingerprint density at radius 2 is 1.18 bits per heavy atom. The molecule has 0 saturated carbocycles. The quantitative estimate of drug-likeness (QED) is 0.255. The summed E-state index contributed by atoms with van der Waals surface area (Å²) in [5, 5.41) is 3.58. The third-order valence-corrected chi connectivity index (χ3v) is 5.24. The number of aryl methyl sites for hydroxylation is 1. The number of hydrogen-bond donors (Lipinski definition) is 0. The van der Waals surface area contributed by atoms with E-state index in [-0.39, 0.29) is 50.2 Å². The topological polar surface area (TPSA) is 71.1 Å². The maximum atomic E-state index is 12.0. The molecule has 0 saturated heterocycles. The molecular weight excluding hydrogens is 432 g/mol. The molecule has 0 aromatic heterocycles. The zero-order valence-corrected chi connectivity index (χ0v) is 20.7. The highest BCUT2D eigenvalue weighted by atomic mass is 16.5. The fourth-order valence-corrected chi connectivity index (χ4v) is 3.79. The minimum Gasteiger partial charge on any atom is -0.492 e. The van der Waals surface area contributed by atoms with Crippen molar-refractivity contribution in [3.8, 4) is 11.5 Å². The molecule has 6 heteroatoms. The average Bonchev–Trinajstić information content (AvgIpc) is 2.78. The molecule has 0 bridgehead atoms. The first kappa shape index (κ1) is 25.3. The zero-order chi connectivity index (χ0) is 24.7. The van der Waals surface area contributed by atoms with Crippen molar-refractivity contribution in [2.75, 3.05) is 13.2 Å². The van der Waals surface area contributed by atoms with Crippen molar-refractivity contribution in [1.82, 2.24) is 0 Å². The van der Waals surface area contributed by atoms with Crippen molar-refractivity contribution in [3.05, 3.63) is 48.0 Å². The van der Waals surface area contributed by atoms with E-state index in [9.17, 15) is 9.59 Å². The second-order valence-electron chi connectivity index (χ2n) is 8.71. The lowest BCUT2D eigenvalue weighted by molar-refractivity contribution is -0.149. The molecule has 0 aliphatic rings. The van der Waals surface area contributed by atoms with Crippen LogP contribution in [0.15, 0.2) is 42.5 Å². The minimum absolute atomic E-state index is 0.157. The summed E-state index contributed by atoms with van der Waals surface area (Å²) in [7, 11) is 0. The molecule has 0 atom stereocenters. The average molecular weight is 467 g/mol. The van der Waals surface area contributed by atoms with Gasteiger partial charge in [-0.05, 0) is 45.7 Å². The third-order valence-electron chi connectivity index (χ3n) is 5.24. The maximum Gasteiger partial charge on any atom is 0.309 e. The predicted octanol–water partition coefficient (Wildman–Crippen LogP) is 6.00. The minimum atomic E-state index is -0.287. The molecule has 0 heterocycles. The Morgan fingerprint density at radius 3 is 1.65 bits per heavy atom. The summed E-state index contributed by atoms with van der Waals surface area (Å²) in [6.07, 6.45) is 0.890. The van der Waals surface area contributed by atoms with E-state index in [1.54, 1.807) is 0 Å². The largest absolute Gasteiger partial charge is 0.492 e. The van der Waals surface area contributed by atoms with Crippen LogP contribution in [-0.2, 0) is 25.5 Å². The summed E-state index contributed by atoms with van der Waals surface area (Å²) in [4.78, 5) is 24.0. The van der Waals surface area contributed by atoms with E-state index in [1.165, 1.54) is 5.56 Å². The molecule has 3 rings (SSSR count). The molecule has 182 valence electrons. The van der Waals surface area contributed by atoms with Crippen molar-refractivity contribution in [2.24, 2.45) is 0 Å². The zero-order valence-electron chi connectivity index (χ0n) is 20.7. The summed E-state index contributed by atoms with van der Waals surface area (Å²) >= 11 is 0. The van der Waals surface area contributed by atoms with Crippen LogP contribution in [0.25, 0.3) is 21.5 Å². The molecule has 34 heavy (non-hydrogen) atoms. The van der Waals surface area contributed by atoms with Crippen molar-refractivity contribution in [1.29, 1.82) is 0 Å². The molecule has 3 aromatic rings. The van der Waals surface area contributed by atoms with E-state index in [0.29, 0.717) is 11.5 Å². The molecule has 0 fully saturated rings. The lowest BCUT2D eigenvalue weighted by atomic mass is 9.98. The molecule has 0 spiro atoms. The van der Waals surface area contributed by atoms with E-state index >= 15 is 0 Å². The highest BCUT2D eigenvalue weighted by Crippen LogP contribution is 2.43. The maximum absolute atomic E-state index is 12.0. The Morgan fingerprint density at radius 1 is 0.706 bits per heavy atom. The first-order valence-electron chi connectivity index (χ1n) is 11.9. The van der Waals surface area contributed by atoms with Gasteiger partial charge in [0.2, 0.25) is 0 Å². The highest BCUT2D eigenvalue weighted by molar-refractivity contribution is 6.11. The predicted molar refractivity (Wildman–Crippen MR) is 134 cm³/mol. The van der Waals surface area contributed by atoms with E-state index in [0.717, 1.165) is 28.0 Å². The first-order valence-corrected chi connectivity index (χ1v) is 11.9. The molecule has 0 radical (unpaired) electrons. The van der Waals surface area contributed by atoms with Gasteiger partial charge in [-0.25, -0.2) is 0 Å². The lowest BCUT2D eigenvalue weighted by Crippen LogP contribution is -2.15. The van der Waals surface area contributed by atoms with Gasteiger partial charge >= 0.3 is 11.9 Å². The molecule has 0 aliphatic carbocycles. The van der Waals surface area contributed by atoms with Crippen LogP contribution in [0.5, 0.6) is 11.5 Å². The van der Waals surface area contributed by atoms with Gasteiger partial charge in [0.15, 0.2) is 0 Å². The standard InChI is InChI=1S/C28H34O6/c1-6-20-11-12-23-24(17-20)28(32-16-14-26(30)34-19(4)5)22-10-8-7-9-21(22)27(23)31-15-13-25(29)33-18(2)3/h7-12,17-19H,6,13-16H2,1-5H3. The summed E-state index contributed by atoms with van der Waals surface area (Å²) in [6, 6.07) is 14.0. The second kappa shape index (κ2) is 11.7. The number of hydrogen-bond acceptors (Lipinski definition) is 6. The molecule has 0 N–H and O–H groups in total. The van der Waals surface area contributed by atoms with E-state index in [4.69, 9.17) is 18.9 Å². The van der Waals surface area contributed by atoms with Crippen LogP contribution in [-0.4, -0.2) is 37.4 Å². The molecule has 3 aromatic carbocycles.